The fourth-order valence-electron chi connectivity index (χ4n) is 3.35. The minimum Gasteiger partial charge on any atom is -0.595 e. The molecular weight excluding hydrogens is 306 g/mol. The number of hydrogen-bond acceptors (Lipinski definition) is 5. The molecule has 2 unspecified atom stereocenters. The van der Waals surface area contributed by atoms with Crippen molar-refractivity contribution < 1.29 is 14.9 Å². The summed E-state index contributed by atoms with van der Waals surface area (Å²) in [6.07, 6.45) is 0.974. The number of nitrogens with zero attached hydrogens (tertiary/aromatic N) is 2. The van der Waals surface area contributed by atoms with Crippen molar-refractivity contribution in [2.24, 2.45) is 0 Å². The van der Waals surface area contributed by atoms with Gasteiger partial charge in [-0.25, -0.2) is 10.2 Å². The number of quaternary nitrogens is 1. The van der Waals surface area contributed by atoms with Gasteiger partial charge in [0, 0.05) is 30.6 Å². The molecule has 1 saturated heterocycles. The van der Waals surface area contributed by atoms with E-state index in [1.165, 1.54) is 0 Å². The summed E-state index contributed by atoms with van der Waals surface area (Å²) in [5, 5.41) is 19.8. The summed E-state index contributed by atoms with van der Waals surface area (Å²) in [5.41, 5.74) is 2.94. The Balaban J connectivity index is 1.49. The largest absolute Gasteiger partial charge is 0.595 e. The van der Waals surface area contributed by atoms with Crippen molar-refractivity contribution in [2.75, 3.05) is 13.1 Å². The van der Waals surface area contributed by atoms with Crippen molar-refractivity contribution in [2.45, 2.75) is 18.9 Å². The number of hydrogen-bond donors (Lipinski definition) is 2. The van der Waals surface area contributed by atoms with Gasteiger partial charge in [-0.3, -0.25) is 4.90 Å². The molecule has 2 aromatic carbocycles. The average molecular weight is 325 g/mol. The number of oxazole rings is 1. The van der Waals surface area contributed by atoms with Crippen LogP contribution in [0.25, 0.3) is 11.1 Å². The van der Waals surface area contributed by atoms with Gasteiger partial charge in [0.05, 0.1) is 0 Å². The van der Waals surface area contributed by atoms with Crippen LogP contribution in [0.15, 0.2) is 52.9 Å². The molecule has 6 nitrogen and oxygen atoms in total. The van der Waals surface area contributed by atoms with Gasteiger partial charge in [-0.15, -0.1) is 0 Å². The molecule has 0 bridgehead atoms. The lowest BCUT2D eigenvalue weighted by Crippen LogP contribution is -2.99. The van der Waals surface area contributed by atoms with Crippen molar-refractivity contribution in [1.29, 1.82) is 0 Å². The number of fused-ring (bicyclic) bond motifs is 1. The highest BCUT2D eigenvalue weighted by Crippen LogP contribution is 2.30. The van der Waals surface area contributed by atoms with Crippen LogP contribution in [0.5, 0.6) is 0 Å². The quantitative estimate of drug-likeness (QED) is 0.719. The Bertz CT molecular complexity index is 813. The molecule has 124 valence electrons. The van der Waals surface area contributed by atoms with Crippen LogP contribution >= 0.6 is 0 Å². The lowest BCUT2D eigenvalue weighted by atomic mass is 10.1. The Hall–Kier alpha value is -2.25. The van der Waals surface area contributed by atoms with Crippen LogP contribution in [0.2, 0.25) is 0 Å². The van der Waals surface area contributed by atoms with Crippen LogP contribution in [0.4, 0.5) is 5.69 Å². The highest BCUT2D eigenvalue weighted by Gasteiger charge is 2.28. The number of para-hydroxylation sites is 3. The van der Waals surface area contributed by atoms with E-state index in [2.05, 4.69) is 9.88 Å². The topological polar surface area (TPSA) is 77.0 Å². The maximum absolute atomic E-state index is 11.3. The third kappa shape index (κ3) is 2.92. The average Bonchev–Trinajstić information content (AvgIpc) is 3.21. The van der Waals surface area contributed by atoms with Crippen molar-refractivity contribution >= 4 is 16.8 Å². The zero-order chi connectivity index (χ0) is 16.5. The normalized spacial score (nSPS) is 19.8. The summed E-state index contributed by atoms with van der Waals surface area (Å²) in [6.45, 7) is 2.39. The van der Waals surface area contributed by atoms with Gasteiger partial charge in [-0.1, -0.05) is 30.3 Å². The molecule has 0 saturated carbocycles. The molecule has 3 aromatic rings. The third-order valence-corrected chi connectivity index (χ3v) is 4.57. The predicted octanol–water partition coefficient (Wildman–Crippen LogP) is 2.22. The monoisotopic (exact) mass is 325 g/mol. The van der Waals surface area contributed by atoms with Gasteiger partial charge >= 0.3 is 0 Å². The van der Waals surface area contributed by atoms with E-state index >= 15 is 0 Å². The van der Waals surface area contributed by atoms with Gasteiger partial charge in [0.25, 0.3) is 0 Å². The molecule has 4 rings (SSSR count). The van der Waals surface area contributed by atoms with E-state index in [1.54, 1.807) is 12.1 Å². The molecule has 1 aliphatic heterocycles. The van der Waals surface area contributed by atoms with Crippen LogP contribution < -0.4 is 5.23 Å². The fourth-order valence-corrected chi connectivity index (χ4v) is 3.35. The number of rotatable bonds is 4. The maximum atomic E-state index is 11.3. The number of benzene rings is 2. The summed E-state index contributed by atoms with van der Waals surface area (Å²) in [6, 6.07) is 15.0. The van der Waals surface area contributed by atoms with Gasteiger partial charge in [0.15, 0.2) is 17.2 Å². The lowest BCUT2D eigenvalue weighted by molar-refractivity contribution is -0.991. The summed E-state index contributed by atoms with van der Waals surface area (Å²) in [7, 11) is 0. The summed E-state index contributed by atoms with van der Waals surface area (Å²) in [5.74, 6) is 1.04. The molecule has 2 heterocycles. The predicted molar refractivity (Wildman–Crippen MR) is 88.9 cm³/mol. The van der Waals surface area contributed by atoms with Gasteiger partial charge in [0.2, 0.25) is 0 Å². The highest BCUT2D eigenvalue weighted by molar-refractivity contribution is 5.72. The molecule has 0 aliphatic carbocycles. The van der Waals surface area contributed by atoms with Crippen LogP contribution in [0.3, 0.4) is 0 Å². The number of nitrogens with one attached hydrogen (secondary N) is 1. The minimum atomic E-state index is -0.875. The molecular formula is C18H19N3O3. The third-order valence-electron chi connectivity index (χ3n) is 4.57. The van der Waals surface area contributed by atoms with Gasteiger partial charge in [-0.05, 0) is 25.1 Å². The zero-order valence-electron chi connectivity index (χ0n) is 13.2. The first-order chi connectivity index (χ1) is 11.7. The Morgan fingerprint density at radius 3 is 2.83 bits per heavy atom. The van der Waals surface area contributed by atoms with Crippen molar-refractivity contribution in [1.82, 2.24) is 9.88 Å². The molecule has 1 aromatic heterocycles. The molecule has 0 spiro atoms. The zero-order valence-corrected chi connectivity index (χ0v) is 13.2. The molecule has 2 N–H and O–H groups in total. The van der Waals surface area contributed by atoms with E-state index in [1.807, 2.05) is 36.4 Å². The summed E-state index contributed by atoms with van der Waals surface area (Å²) >= 11 is 0. The fraction of sp³-hybridized carbons (Fsp3) is 0.278. The SMILES string of the molecule is [O-][NH+](O)c1ccccc1CN1CCC(c2nc3ccccc3o2)C1. The van der Waals surface area contributed by atoms with E-state index in [0.717, 1.165) is 42.1 Å². The number of aromatic nitrogens is 1. The molecule has 2 atom stereocenters. The minimum absolute atomic E-state index is 0.259. The lowest BCUT2D eigenvalue weighted by Gasteiger charge is -2.20. The van der Waals surface area contributed by atoms with Gasteiger partial charge in [0.1, 0.15) is 5.52 Å². The maximum Gasteiger partial charge on any atom is 0.199 e. The summed E-state index contributed by atoms with van der Waals surface area (Å²) in [4.78, 5) is 6.86. The van der Waals surface area contributed by atoms with Crippen LogP contribution in [-0.4, -0.2) is 28.2 Å². The molecule has 0 radical (unpaired) electrons. The molecule has 1 aliphatic rings. The second-order valence-corrected chi connectivity index (χ2v) is 6.20. The van der Waals surface area contributed by atoms with Gasteiger partial charge < -0.3 is 9.62 Å². The number of likely N-dealkylation sites (tertiary alicyclic amines) is 1. The first-order valence-corrected chi connectivity index (χ1v) is 8.10. The Morgan fingerprint density at radius 2 is 2.00 bits per heavy atom. The molecule has 1 fully saturated rings. The highest BCUT2D eigenvalue weighted by atomic mass is 16.8. The second-order valence-electron chi connectivity index (χ2n) is 6.20. The molecule has 6 heteroatoms. The van der Waals surface area contributed by atoms with Crippen molar-refractivity contribution in [3.8, 4) is 0 Å². The van der Waals surface area contributed by atoms with E-state index < -0.39 is 5.23 Å². The smallest absolute Gasteiger partial charge is 0.199 e. The molecule has 0 amide bonds. The van der Waals surface area contributed by atoms with Crippen molar-refractivity contribution in [3.63, 3.8) is 0 Å². The Labute approximate surface area is 139 Å². The van der Waals surface area contributed by atoms with E-state index in [4.69, 9.17) is 4.42 Å². The van der Waals surface area contributed by atoms with E-state index in [-0.39, 0.29) is 5.92 Å². The van der Waals surface area contributed by atoms with E-state index in [9.17, 15) is 10.4 Å². The first-order valence-electron chi connectivity index (χ1n) is 8.10. The van der Waals surface area contributed by atoms with Gasteiger partial charge in [-0.2, -0.15) is 5.23 Å². The second kappa shape index (κ2) is 6.33. The van der Waals surface area contributed by atoms with Crippen LogP contribution in [0.1, 0.15) is 23.8 Å². The molecule has 24 heavy (non-hydrogen) atoms. The van der Waals surface area contributed by atoms with Crippen LogP contribution in [0, 0.1) is 5.21 Å². The van der Waals surface area contributed by atoms with Crippen molar-refractivity contribution in [3.05, 3.63) is 65.2 Å². The Morgan fingerprint density at radius 1 is 1.21 bits per heavy atom. The standard InChI is InChI=1S/C18H19N3O3/c22-21(23)16-7-3-1-5-13(16)11-20-10-9-14(12-20)18-19-15-6-2-4-8-17(15)24-18/h1-8,14,21-22H,9-12H2. The van der Waals surface area contributed by atoms with Crippen LogP contribution in [-0.2, 0) is 6.54 Å². The first kappa shape index (κ1) is 15.3. The summed E-state index contributed by atoms with van der Waals surface area (Å²) < 4.78 is 5.88. The van der Waals surface area contributed by atoms with E-state index in [0.29, 0.717) is 12.2 Å². The Kier molecular flexibility index (Phi) is 4.03.